The Balaban J connectivity index is 1.76. The van der Waals surface area contributed by atoms with E-state index in [9.17, 15) is 14.7 Å². The van der Waals surface area contributed by atoms with Gasteiger partial charge in [-0.05, 0) is 75.6 Å². The predicted octanol–water partition coefficient (Wildman–Crippen LogP) is 6.10. The molecular weight excluding hydrogens is 444 g/mol. The molecule has 3 unspecified atom stereocenters. The second kappa shape index (κ2) is 14.9. The highest BCUT2D eigenvalue weighted by atomic mass is 16.6. The molecule has 0 radical (unpaired) electrons. The first kappa shape index (κ1) is 28.9. The second-order valence-electron chi connectivity index (χ2n) is 10.2. The first-order valence-corrected chi connectivity index (χ1v) is 13.2. The van der Waals surface area contributed by atoms with Crippen molar-refractivity contribution in [3.63, 3.8) is 0 Å². The van der Waals surface area contributed by atoms with E-state index in [-0.39, 0.29) is 18.5 Å². The van der Waals surface area contributed by atoms with Crippen molar-refractivity contribution in [2.24, 2.45) is 11.3 Å². The fourth-order valence-electron chi connectivity index (χ4n) is 3.93. The van der Waals surface area contributed by atoms with E-state index in [0.29, 0.717) is 25.9 Å². The molecule has 0 heterocycles. The van der Waals surface area contributed by atoms with E-state index in [1.54, 1.807) is 6.08 Å². The van der Waals surface area contributed by atoms with Crippen LogP contribution in [0.2, 0.25) is 0 Å². The molecule has 1 aliphatic rings. The third kappa shape index (κ3) is 10.4. The van der Waals surface area contributed by atoms with E-state index in [2.05, 4.69) is 6.92 Å². The van der Waals surface area contributed by atoms with E-state index < -0.39 is 23.6 Å². The number of rotatable bonds is 14. The second-order valence-corrected chi connectivity index (χ2v) is 10.2. The molecule has 0 saturated heterocycles. The maximum Gasteiger partial charge on any atom is 0.331 e. The van der Waals surface area contributed by atoms with E-state index in [1.165, 1.54) is 31.8 Å². The smallest absolute Gasteiger partial charge is 0.331 e. The van der Waals surface area contributed by atoms with Crippen molar-refractivity contribution in [3.05, 3.63) is 35.9 Å². The van der Waals surface area contributed by atoms with Gasteiger partial charge in [-0.15, -0.1) is 0 Å². The summed E-state index contributed by atoms with van der Waals surface area (Å²) in [6, 6.07) is 7.59. The fourth-order valence-corrected chi connectivity index (χ4v) is 3.93. The lowest BCUT2D eigenvalue weighted by atomic mass is 9.85. The Kier molecular flexibility index (Phi) is 12.3. The standard InChI is InChI=1S/C29H44O6/c1-5-7-8-9-10-19-33-24-15-11-22(12-16-24)14-18-27(31)35-26-20-23(13-17-25(26)30)21-34-28(32)29(3,4)6-2/h11-12,14-16,18,23,25-26,30H,5-10,13,17,19-21H2,1-4H3/b18-14+. The van der Waals surface area contributed by atoms with Crippen molar-refractivity contribution in [1.29, 1.82) is 0 Å². The van der Waals surface area contributed by atoms with E-state index >= 15 is 0 Å². The number of aliphatic hydroxyl groups is 1. The molecule has 0 spiro atoms. The van der Waals surface area contributed by atoms with Crippen LogP contribution in [0.15, 0.2) is 30.3 Å². The minimum Gasteiger partial charge on any atom is -0.494 e. The molecule has 2 rings (SSSR count). The normalized spacial score (nSPS) is 20.5. The van der Waals surface area contributed by atoms with Crippen LogP contribution < -0.4 is 4.74 Å². The van der Waals surface area contributed by atoms with Gasteiger partial charge in [0.05, 0.1) is 24.7 Å². The van der Waals surface area contributed by atoms with Gasteiger partial charge in [-0.25, -0.2) is 4.79 Å². The third-order valence-corrected chi connectivity index (χ3v) is 6.83. The average molecular weight is 489 g/mol. The number of hydrogen-bond donors (Lipinski definition) is 1. The van der Waals surface area contributed by atoms with Gasteiger partial charge in [0.15, 0.2) is 0 Å². The molecular formula is C29H44O6. The van der Waals surface area contributed by atoms with E-state index in [4.69, 9.17) is 14.2 Å². The molecule has 196 valence electrons. The highest BCUT2D eigenvalue weighted by molar-refractivity contribution is 5.87. The van der Waals surface area contributed by atoms with Crippen LogP contribution in [-0.4, -0.2) is 42.5 Å². The molecule has 0 aliphatic heterocycles. The van der Waals surface area contributed by atoms with Gasteiger partial charge >= 0.3 is 11.9 Å². The van der Waals surface area contributed by atoms with Crippen molar-refractivity contribution in [2.45, 2.75) is 97.7 Å². The Morgan fingerprint density at radius 2 is 1.77 bits per heavy atom. The molecule has 1 N–H and O–H groups in total. The zero-order valence-electron chi connectivity index (χ0n) is 22.0. The highest BCUT2D eigenvalue weighted by Crippen LogP contribution is 2.29. The molecule has 0 bridgehead atoms. The summed E-state index contributed by atoms with van der Waals surface area (Å²) in [5.74, 6) is 0.174. The average Bonchev–Trinajstić information content (AvgIpc) is 2.85. The third-order valence-electron chi connectivity index (χ3n) is 6.83. The number of carbonyl (C=O) groups is 2. The van der Waals surface area contributed by atoms with Crippen LogP contribution in [0.25, 0.3) is 6.08 Å². The van der Waals surface area contributed by atoms with E-state index in [0.717, 1.165) is 24.2 Å². The van der Waals surface area contributed by atoms with Crippen LogP contribution in [-0.2, 0) is 19.1 Å². The van der Waals surface area contributed by atoms with Crippen molar-refractivity contribution < 1.29 is 28.9 Å². The van der Waals surface area contributed by atoms with Gasteiger partial charge in [0.25, 0.3) is 0 Å². The maximum atomic E-state index is 12.4. The molecule has 35 heavy (non-hydrogen) atoms. The summed E-state index contributed by atoms with van der Waals surface area (Å²) in [6.07, 6.45) is 10.2. The minimum absolute atomic E-state index is 0.0657. The molecule has 0 amide bonds. The van der Waals surface area contributed by atoms with Gasteiger partial charge in [0.2, 0.25) is 0 Å². The molecule has 6 heteroatoms. The molecule has 1 aliphatic carbocycles. The van der Waals surface area contributed by atoms with Crippen molar-refractivity contribution in [2.75, 3.05) is 13.2 Å². The quantitative estimate of drug-likeness (QED) is 0.194. The Labute approximate surface area is 211 Å². The maximum absolute atomic E-state index is 12.4. The monoisotopic (exact) mass is 488 g/mol. The van der Waals surface area contributed by atoms with Gasteiger partial charge in [0, 0.05) is 6.08 Å². The Bertz CT molecular complexity index is 798. The van der Waals surface area contributed by atoms with Gasteiger partial charge in [0.1, 0.15) is 11.9 Å². The lowest BCUT2D eigenvalue weighted by Crippen LogP contribution is -2.39. The van der Waals surface area contributed by atoms with Crippen molar-refractivity contribution in [1.82, 2.24) is 0 Å². The number of hydrogen-bond acceptors (Lipinski definition) is 6. The molecule has 1 aromatic carbocycles. The van der Waals surface area contributed by atoms with Gasteiger partial charge in [-0.3, -0.25) is 4.79 Å². The number of esters is 2. The summed E-state index contributed by atoms with van der Waals surface area (Å²) < 4.78 is 16.8. The van der Waals surface area contributed by atoms with Crippen molar-refractivity contribution in [3.8, 4) is 5.75 Å². The molecule has 3 atom stereocenters. The summed E-state index contributed by atoms with van der Waals surface area (Å²) in [6.45, 7) is 8.90. The number of ether oxygens (including phenoxy) is 3. The van der Waals surface area contributed by atoms with Crippen LogP contribution >= 0.6 is 0 Å². The summed E-state index contributed by atoms with van der Waals surface area (Å²) in [4.78, 5) is 24.6. The molecule has 6 nitrogen and oxygen atoms in total. The molecule has 1 fully saturated rings. The Morgan fingerprint density at radius 1 is 1.06 bits per heavy atom. The molecule has 0 aromatic heterocycles. The van der Waals surface area contributed by atoms with Crippen LogP contribution in [0.5, 0.6) is 5.75 Å². The SMILES string of the molecule is CCCCCCCOc1ccc(/C=C/C(=O)OC2CC(COC(=O)C(C)(C)CC)CCC2O)cc1. The van der Waals surface area contributed by atoms with Crippen molar-refractivity contribution >= 4 is 18.0 Å². The molecule has 1 aromatic rings. The van der Waals surface area contributed by atoms with Crippen LogP contribution in [0, 0.1) is 11.3 Å². The number of unbranched alkanes of at least 4 members (excludes halogenated alkanes) is 4. The predicted molar refractivity (Wildman–Crippen MR) is 138 cm³/mol. The lowest BCUT2D eigenvalue weighted by Gasteiger charge is -2.33. The summed E-state index contributed by atoms with van der Waals surface area (Å²) >= 11 is 0. The Hall–Kier alpha value is -2.34. The zero-order valence-corrected chi connectivity index (χ0v) is 22.0. The van der Waals surface area contributed by atoms with Crippen LogP contribution in [0.4, 0.5) is 0 Å². The molecule has 1 saturated carbocycles. The minimum atomic E-state index is -0.704. The number of carbonyl (C=O) groups excluding carboxylic acids is 2. The van der Waals surface area contributed by atoms with Gasteiger partial charge in [-0.1, -0.05) is 51.7 Å². The highest BCUT2D eigenvalue weighted by Gasteiger charge is 2.34. The summed E-state index contributed by atoms with van der Waals surface area (Å²) in [7, 11) is 0. The number of aliphatic hydroxyl groups excluding tert-OH is 1. The first-order valence-electron chi connectivity index (χ1n) is 13.2. The van der Waals surface area contributed by atoms with Crippen LogP contribution in [0.1, 0.15) is 91.0 Å². The first-order chi connectivity index (χ1) is 16.7. The largest absolute Gasteiger partial charge is 0.494 e. The lowest BCUT2D eigenvalue weighted by molar-refractivity contribution is -0.161. The number of benzene rings is 1. The Morgan fingerprint density at radius 3 is 2.46 bits per heavy atom. The van der Waals surface area contributed by atoms with Crippen LogP contribution in [0.3, 0.4) is 0 Å². The van der Waals surface area contributed by atoms with Gasteiger partial charge in [-0.2, -0.15) is 0 Å². The summed E-state index contributed by atoms with van der Waals surface area (Å²) in [5.41, 5.74) is 0.355. The topological polar surface area (TPSA) is 82.1 Å². The fraction of sp³-hybridized carbons (Fsp3) is 0.655. The zero-order chi connectivity index (χ0) is 25.7. The van der Waals surface area contributed by atoms with E-state index in [1.807, 2.05) is 45.0 Å². The van der Waals surface area contributed by atoms with Gasteiger partial charge < -0.3 is 19.3 Å². The summed E-state index contributed by atoms with van der Waals surface area (Å²) in [5, 5.41) is 10.3.